The normalized spacial score (nSPS) is 17.3. The predicted octanol–water partition coefficient (Wildman–Crippen LogP) is 0.919. The van der Waals surface area contributed by atoms with Gasteiger partial charge in [0.05, 0.1) is 6.61 Å². The Labute approximate surface area is 98.1 Å². The third-order valence-electron chi connectivity index (χ3n) is 2.93. The fraction of sp³-hybridized carbons (Fsp3) is 0.917. The molecule has 0 aromatic heterocycles. The van der Waals surface area contributed by atoms with Gasteiger partial charge in [-0.1, -0.05) is 0 Å². The molecule has 1 heterocycles. The maximum absolute atomic E-state index is 11.0. The van der Waals surface area contributed by atoms with Gasteiger partial charge in [-0.2, -0.15) is 0 Å². The van der Waals surface area contributed by atoms with Crippen molar-refractivity contribution >= 4 is 5.97 Å². The number of rotatable bonds is 7. The van der Waals surface area contributed by atoms with E-state index >= 15 is 0 Å². The molecule has 0 aromatic rings. The summed E-state index contributed by atoms with van der Waals surface area (Å²) >= 11 is 0. The molecule has 0 amide bonds. The lowest BCUT2D eigenvalue weighted by molar-refractivity contribution is -0.143. The lowest BCUT2D eigenvalue weighted by Gasteiger charge is -2.22. The van der Waals surface area contributed by atoms with Crippen molar-refractivity contribution in [3.63, 3.8) is 0 Å². The fourth-order valence-electron chi connectivity index (χ4n) is 1.98. The number of hydrogen-bond acceptors (Lipinski definition) is 4. The molecule has 1 fully saturated rings. The average Bonchev–Trinajstić information content (AvgIpc) is 2.30. The minimum absolute atomic E-state index is 0.0776. The molecule has 16 heavy (non-hydrogen) atoms. The Balaban J connectivity index is 1.89. The van der Waals surface area contributed by atoms with Gasteiger partial charge in [0.25, 0.3) is 0 Å². The van der Waals surface area contributed by atoms with Gasteiger partial charge in [-0.05, 0) is 58.3 Å². The Kier molecular flexibility index (Phi) is 7.17. The number of carbonyl (C=O) groups excluding carboxylic acids is 1. The van der Waals surface area contributed by atoms with Gasteiger partial charge < -0.3 is 15.4 Å². The zero-order chi connectivity index (χ0) is 11.6. The van der Waals surface area contributed by atoms with Gasteiger partial charge in [-0.15, -0.1) is 0 Å². The number of piperidine rings is 1. The van der Waals surface area contributed by atoms with Crippen molar-refractivity contribution in [3.8, 4) is 0 Å². The molecule has 0 radical (unpaired) electrons. The van der Waals surface area contributed by atoms with Crippen LogP contribution in [0.4, 0.5) is 0 Å². The topological polar surface area (TPSA) is 50.4 Å². The molecule has 0 unspecified atom stereocenters. The van der Waals surface area contributed by atoms with Crippen molar-refractivity contribution in [3.05, 3.63) is 0 Å². The van der Waals surface area contributed by atoms with Crippen LogP contribution in [0.5, 0.6) is 0 Å². The summed E-state index contributed by atoms with van der Waals surface area (Å²) in [6.07, 6.45) is 3.95. The maximum Gasteiger partial charge on any atom is 0.305 e. The molecule has 1 rings (SSSR count). The standard InChI is InChI=1S/C12H24N2O2/c1-2-16-12(15)4-3-7-14-10-11-5-8-13-9-6-11/h11,13-14H,2-10H2,1H3. The molecule has 1 saturated heterocycles. The first-order valence-electron chi connectivity index (χ1n) is 6.40. The van der Waals surface area contributed by atoms with Gasteiger partial charge in [-0.3, -0.25) is 4.79 Å². The van der Waals surface area contributed by atoms with Gasteiger partial charge in [0.15, 0.2) is 0 Å². The van der Waals surface area contributed by atoms with E-state index in [-0.39, 0.29) is 5.97 Å². The molecule has 1 aliphatic heterocycles. The molecular weight excluding hydrogens is 204 g/mol. The minimum Gasteiger partial charge on any atom is -0.466 e. The highest BCUT2D eigenvalue weighted by atomic mass is 16.5. The number of nitrogens with one attached hydrogen (secondary N) is 2. The summed E-state index contributed by atoms with van der Waals surface area (Å²) < 4.78 is 4.86. The van der Waals surface area contributed by atoms with Crippen molar-refractivity contribution in [1.29, 1.82) is 0 Å². The second kappa shape index (κ2) is 8.53. The second-order valence-corrected chi connectivity index (χ2v) is 4.31. The van der Waals surface area contributed by atoms with Crippen LogP contribution in [0.25, 0.3) is 0 Å². The van der Waals surface area contributed by atoms with E-state index in [0.29, 0.717) is 13.0 Å². The first-order chi connectivity index (χ1) is 7.83. The summed E-state index contributed by atoms with van der Waals surface area (Å²) in [5, 5.41) is 6.77. The molecule has 0 aliphatic carbocycles. The number of carbonyl (C=O) groups is 1. The highest BCUT2D eigenvalue weighted by Crippen LogP contribution is 2.09. The maximum atomic E-state index is 11.0. The van der Waals surface area contributed by atoms with E-state index in [0.717, 1.165) is 38.5 Å². The molecule has 0 aromatic carbocycles. The summed E-state index contributed by atoms with van der Waals surface area (Å²) in [4.78, 5) is 11.0. The van der Waals surface area contributed by atoms with Crippen LogP contribution in [-0.2, 0) is 9.53 Å². The molecule has 4 nitrogen and oxygen atoms in total. The molecule has 0 atom stereocenters. The zero-order valence-corrected chi connectivity index (χ0v) is 10.3. The van der Waals surface area contributed by atoms with Crippen molar-refractivity contribution in [2.45, 2.75) is 32.6 Å². The molecule has 0 spiro atoms. The third kappa shape index (κ3) is 6.08. The number of esters is 1. The van der Waals surface area contributed by atoms with E-state index < -0.39 is 0 Å². The van der Waals surface area contributed by atoms with Crippen LogP contribution >= 0.6 is 0 Å². The van der Waals surface area contributed by atoms with Crippen LogP contribution in [-0.4, -0.2) is 38.8 Å². The highest BCUT2D eigenvalue weighted by Gasteiger charge is 2.11. The monoisotopic (exact) mass is 228 g/mol. The van der Waals surface area contributed by atoms with E-state index in [1.165, 1.54) is 12.8 Å². The van der Waals surface area contributed by atoms with Crippen LogP contribution in [0.1, 0.15) is 32.6 Å². The Morgan fingerprint density at radius 1 is 1.44 bits per heavy atom. The lowest BCUT2D eigenvalue weighted by atomic mass is 9.98. The number of hydrogen-bond donors (Lipinski definition) is 2. The average molecular weight is 228 g/mol. The first kappa shape index (κ1) is 13.5. The lowest BCUT2D eigenvalue weighted by Crippen LogP contribution is -2.34. The molecular formula is C12H24N2O2. The summed E-state index contributed by atoms with van der Waals surface area (Å²) in [7, 11) is 0. The molecule has 94 valence electrons. The summed E-state index contributed by atoms with van der Waals surface area (Å²) in [6, 6.07) is 0. The largest absolute Gasteiger partial charge is 0.466 e. The first-order valence-corrected chi connectivity index (χ1v) is 6.40. The zero-order valence-electron chi connectivity index (χ0n) is 10.3. The molecule has 0 saturated carbocycles. The molecule has 4 heteroatoms. The summed E-state index contributed by atoms with van der Waals surface area (Å²) in [6.45, 7) is 6.63. The van der Waals surface area contributed by atoms with Crippen molar-refractivity contribution < 1.29 is 9.53 Å². The second-order valence-electron chi connectivity index (χ2n) is 4.31. The van der Waals surface area contributed by atoms with Crippen molar-refractivity contribution in [1.82, 2.24) is 10.6 Å². The van der Waals surface area contributed by atoms with Crippen molar-refractivity contribution in [2.75, 3.05) is 32.8 Å². The van der Waals surface area contributed by atoms with E-state index in [1.54, 1.807) is 0 Å². The summed E-state index contributed by atoms with van der Waals surface area (Å²) in [5.41, 5.74) is 0. The van der Waals surface area contributed by atoms with Crippen LogP contribution in [0.15, 0.2) is 0 Å². The Bertz CT molecular complexity index is 191. The molecule has 0 bridgehead atoms. The van der Waals surface area contributed by atoms with E-state index in [9.17, 15) is 4.79 Å². The Morgan fingerprint density at radius 3 is 2.88 bits per heavy atom. The van der Waals surface area contributed by atoms with Gasteiger partial charge in [0, 0.05) is 6.42 Å². The SMILES string of the molecule is CCOC(=O)CCCNCC1CCNCC1. The number of ether oxygens (including phenoxy) is 1. The van der Waals surface area contributed by atoms with Crippen LogP contribution in [0.3, 0.4) is 0 Å². The van der Waals surface area contributed by atoms with E-state index in [4.69, 9.17) is 4.74 Å². The van der Waals surface area contributed by atoms with E-state index in [1.807, 2.05) is 6.92 Å². The summed E-state index contributed by atoms with van der Waals surface area (Å²) in [5.74, 6) is 0.731. The van der Waals surface area contributed by atoms with Gasteiger partial charge in [0.1, 0.15) is 0 Å². The highest BCUT2D eigenvalue weighted by molar-refractivity contribution is 5.69. The van der Waals surface area contributed by atoms with Crippen LogP contribution in [0.2, 0.25) is 0 Å². The van der Waals surface area contributed by atoms with Crippen molar-refractivity contribution in [2.24, 2.45) is 5.92 Å². The Hall–Kier alpha value is -0.610. The quantitative estimate of drug-likeness (QED) is 0.502. The molecule has 1 aliphatic rings. The van der Waals surface area contributed by atoms with Crippen LogP contribution in [0, 0.1) is 5.92 Å². The third-order valence-corrected chi connectivity index (χ3v) is 2.93. The minimum atomic E-state index is -0.0776. The molecule has 2 N–H and O–H groups in total. The smallest absolute Gasteiger partial charge is 0.305 e. The van der Waals surface area contributed by atoms with Gasteiger partial charge >= 0.3 is 5.97 Å². The predicted molar refractivity (Wildman–Crippen MR) is 64.3 cm³/mol. The Morgan fingerprint density at radius 2 is 2.19 bits per heavy atom. The van der Waals surface area contributed by atoms with Crippen LogP contribution < -0.4 is 10.6 Å². The fourth-order valence-corrected chi connectivity index (χ4v) is 1.98. The van der Waals surface area contributed by atoms with Gasteiger partial charge in [-0.25, -0.2) is 0 Å². The van der Waals surface area contributed by atoms with E-state index in [2.05, 4.69) is 10.6 Å². The van der Waals surface area contributed by atoms with Gasteiger partial charge in [0.2, 0.25) is 0 Å².